The molecule has 1 heterocycles. The summed E-state index contributed by atoms with van der Waals surface area (Å²) in [5.74, 6) is 0.266. The van der Waals surface area contributed by atoms with E-state index in [2.05, 4.69) is 63.6 Å². The van der Waals surface area contributed by atoms with Crippen LogP contribution < -0.4 is 0 Å². The van der Waals surface area contributed by atoms with Crippen LogP contribution in [0.1, 0.15) is 37.9 Å². The zero-order chi connectivity index (χ0) is 13.4. The van der Waals surface area contributed by atoms with E-state index in [1.165, 1.54) is 22.0 Å². The topological polar surface area (TPSA) is 25.2 Å². The summed E-state index contributed by atoms with van der Waals surface area (Å²) >= 11 is 0. The molecule has 2 atom stereocenters. The second-order valence-corrected chi connectivity index (χ2v) is 5.67. The minimum absolute atomic E-state index is 0.0994. The Balaban J connectivity index is 2.58. The van der Waals surface area contributed by atoms with Gasteiger partial charge in [0, 0.05) is 11.6 Å². The lowest BCUT2D eigenvalue weighted by Crippen LogP contribution is -2.26. The highest BCUT2D eigenvalue weighted by Gasteiger charge is 2.21. The maximum Gasteiger partial charge on any atom is 0.0767 e. The number of aliphatic hydroxyl groups excluding tert-OH is 1. The van der Waals surface area contributed by atoms with Gasteiger partial charge in [-0.25, -0.2) is 0 Å². The van der Waals surface area contributed by atoms with Gasteiger partial charge in [-0.15, -0.1) is 0 Å². The number of hydrogen-bond acceptors (Lipinski definition) is 1. The molecule has 0 aliphatic heterocycles. The molecule has 0 aliphatic carbocycles. The number of nitrogens with zero attached hydrogens (tertiary/aromatic N) is 1. The molecule has 0 radical (unpaired) electrons. The lowest BCUT2D eigenvalue weighted by molar-refractivity contribution is 0.0786. The molecule has 98 valence electrons. The number of aryl methyl sites for hydroxylation is 2. The Bertz CT molecular complexity index is 553. The van der Waals surface area contributed by atoms with Gasteiger partial charge in [-0.3, -0.25) is 0 Å². The van der Waals surface area contributed by atoms with Crippen molar-refractivity contribution >= 4 is 10.9 Å². The Labute approximate surface area is 109 Å². The normalized spacial score (nSPS) is 15.3. The number of rotatable bonds is 3. The van der Waals surface area contributed by atoms with Gasteiger partial charge in [-0.2, -0.15) is 0 Å². The fraction of sp³-hybridized carbons (Fsp3) is 0.500. The van der Waals surface area contributed by atoms with E-state index in [1.54, 1.807) is 0 Å². The van der Waals surface area contributed by atoms with Gasteiger partial charge in [0.15, 0.2) is 0 Å². The van der Waals surface area contributed by atoms with Crippen molar-refractivity contribution in [1.82, 2.24) is 4.57 Å². The van der Waals surface area contributed by atoms with Gasteiger partial charge in [-0.1, -0.05) is 32.0 Å². The summed E-state index contributed by atoms with van der Waals surface area (Å²) in [4.78, 5) is 0. The molecule has 2 unspecified atom stereocenters. The monoisotopic (exact) mass is 245 g/mol. The Morgan fingerprint density at radius 2 is 1.72 bits per heavy atom. The van der Waals surface area contributed by atoms with Gasteiger partial charge in [0.2, 0.25) is 0 Å². The Morgan fingerprint density at radius 1 is 1.06 bits per heavy atom. The summed E-state index contributed by atoms with van der Waals surface area (Å²) in [6.45, 7) is 10.5. The summed E-state index contributed by atoms with van der Waals surface area (Å²) in [6, 6.07) is 6.48. The van der Waals surface area contributed by atoms with E-state index in [9.17, 15) is 5.11 Å². The van der Waals surface area contributed by atoms with Crippen LogP contribution in [0, 0.1) is 19.8 Å². The molecule has 0 amide bonds. The number of para-hydroxylation sites is 1. The van der Waals surface area contributed by atoms with Crippen LogP contribution in [0.3, 0.4) is 0 Å². The largest absolute Gasteiger partial charge is 0.391 e. The second-order valence-electron chi connectivity index (χ2n) is 5.67. The Morgan fingerprint density at radius 3 is 2.33 bits per heavy atom. The highest BCUT2D eigenvalue weighted by molar-refractivity contribution is 5.86. The summed E-state index contributed by atoms with van der Waals surface area (Å²) in [6.07, 6.45) is 1.84. The number of hydrogen-bond donors (Lipinski definition) is 1. The Hall–Kier alpha value is -1.28. The minimum Gasteiger partial charge on any atom is -0.391 e. The molecule has 0 saturated heterocycles. The van der Waals surface area contributed by atoms with Crippen LogP contribution in [0.2, 0.25) is 0 Å². The van der Waals surface area contributed by atoms with E-state index in [-0.39, 0.29) is 18.1 Å². The van der Waals surface area contributed by atoms with Crippen LogP contribution in [-0.4, -0.2) is 15.8 Å². The smallest absolute Gasteiger partial charge is 0.0767 e. The zero-order valence-electron chi connectivity index (χ0n) is 11.9. The number of benzene rings is 1. The predicted molar refractivity (Wildman–Crippen MR) is 77.0 cm³/mol. The average molecular weight is 245 g/mol. The van der Waals surface area contributed by atoms with Crippen LogP contribution in [0.4, 0.5) is 0 Å². The van der Waals surface area contributed by atoms with Gasteiger partial charge in [-0.05, 0) is 37.8 Å². The quantitative estimate of drug-likeness (QED) is 0.873. The molecule has 1 N–H and O–H groups in total. The van der Waals surface area contributed by atoms with E-state index in [1.807, 2.05) is 0 Å². The molecular weight excluding hydrogens is 222 g/mol. The molecule has 1 aromatic heterocycles. The van der Waals surface area contributed by atoms with Gasteiger partial charge < -0.3 is 9.67 Å². The molecule has 2 heteroatoms. The van der Waals surface area contributed by atoms with Crippen LogP contribution in [0.15, 0.2) is 24.4 Å². The van der Waals surface area contributed by atoms with E-state index in [4.69, 9.17) is 0 Å². The fourth-order valence-corrected chi connectivity index (χ4v) is 2.71. The minimum atomic E-state index is -0.320. The van der Waals surface area contributed by atoms with E-state index < -0.39 is 0 Å². The van der Waals surface area contributed by atoms with Crippen LogP contribution in [0.25, 0.3) is 10.9 Å². The lowest BCUT2D eigenvalue weighted by atomic mass is 10.0. The van der Waals surface area contributed by atoms with Crippen LogP contribution in [-0.2, 0) is 0 Å². The predicted octanol–water partition coefficient (Wildman–Crippen LogP) is 3.84. The van der Waals surface area contributed by atoms with Crippen molar-refractivity contribution < 1.29 is 5.11 Å². The third-order valence-electron chi connectivity index (χ3n) is 3.87. The molecular formula is C16H23NO. The first kappa shape index (κ1) is 13.2. The number of fused-ring (bicyclic) bond motifs is 1. The number of aliphatic hydroxyl groups is 1. The van der Waals surface area contributed by atoms with Crippen molar-refractivity contribution in [3.05, 3.63) is 35.5 Å². The molecule has 2 rings (SSSR count). The molecule has 0 bridgehead atoms. The standard InChI is InChI=1S/C16H23NO/c1-10(2)16(18)13(5)17-9-12(4)14-8-6-7-11(3)15(14)17/h6-10,13,16,18H,1-5H3. The average Bonchev–Trinajstić information content (AvgIpc) is 2.66. The third-order valence-corrected chi connectivity index (χ3v) is 3.87. The lowest BCUT2D eigenvalue weighted by Gasteiger charge is -2.25. The molecule has 2 aromatic rings. The molecule has 2 nitrogen and oxygen atoms in total. The SMILES string of the molecule is Cc1cn(C(C)C(O)C(C)C)c2c(C)cccc12. The van der Waals surface area contributed by atoms with Crippen molar-refractivity contribution in [3.8, 4) is 0 Å². The first-order chi connectivity index (χ1) is 8.43. The van der Waals surface area contributed by atoms with E-state index in [0.717, 1.165) is 0 Å². The van der Waals surface area contributed by atoms with Gasteiger partial charge in [0.05, 0.1) is 17.7 Å². The van der Waals surface area contributed by atoms with Crippen LogP contribution in [0.5, 0.6) is 0 Å². The molecule has 18 heavy (non-hydrogen) atoms. The first-order valence-corrected chi connectivity index (χ1v) is 6.68. The highest BCUT2D eigenvalue weighted by Crippen LogP contribution is 2.29. The fourth-order valence-electron chi connectivity index (χ4n) is 2.71. The summed E-state index contributed by atoms with van der Waals surface area (Å²) < 4.78 is 2.23. The molecule has 0 spiro atoms. The Kier molecular flexibility index (Phi) is 3.49. The molecule has 0 saturated carbocycles. The summed E-state index contributed by atoms with van der Waals surface area (Å²) in [7, 11) is 0. The molecule has 1 aromatic carbocycles. The maximum atomic E-state index is 10.3. The maximum absolute atomic E-state index is 10.3. The van der Waals surface area contributed by atoms with Gasteiger partial charge in [0.1, 0.15) is 0 Å². The van der Waals surface area contributed by atoms with Crippen molar-refractivity contribution in [1.29, 1.82) is 0 Å². The van der Waals surface area contributed by atoms with Crippen molar-refractivity contribution in [2.75, 3.05) is 0 Å². The zero-order valence-corrected chi connectivity index (χ0v) is 11.9. The van der Waals surface area contributed by atoms with Gasteiger partial charge >= 0.3 is 0 Å². The summed E-state index contributed by atoms with van der Waals surface area (Å²) in [5.41, 5.74) is 3.79. The number of aromatic nitrogens is 1. The first-order valence-electron chi connectivity index (χ1n) is 6.68. The van der Waals surface area contributed by atoms with Gasteiger partial charge in [0.25, 0.3) is 0 Å². The van der Waals surface area contributed by atoms with E-state index in [0.29, 0.717) is 0 Å². The second kappa shape index (κ2) is 4.77. The third kappa shape index (κ3) is 2.05. The van der Waals surface area contributed by atoms with Crippen molar-refractivity contribution in [2.45, 2.75) is 46.8 Å². The summed E-state index contributed by atoms with van der Waals surface area (Å²) in [5, 5.41) is 11.6. The van der Waals surface area contributed by atoms with Crippen molar-refractivity contribution in [3.63, 3.8) is 0 Å². The highest BCUT2D eigenvalue weighted by atomic mass is 16.3. The van der Waals surface area contributed by atoms with Crippen LogP contribution >= 0.6 is 0 Å². The molecule has 0 fully saturated rings. The van der Waals surface area contributed by atoms with E-state index >= 15 is 0 Å². The molecule has 0 aliphatic rings. The van der Waals surface area contributed by atoms with Crippen molar-refractivity contribution in [2.24, 2.45) is 5.92 Å².